The van der Waals surface area contributed by atoms with Crippen LogP contribution in [0.15, 0.2) is 132 Å². The summed E-state index contributed by atoms with van der Waals surface area (Å²) < 4.78 is 32.4. The highest BCUT2D eigenvalue weighted by Crippen LogP contribution is 2.26. The molecule has 0 aliphatic carbocycles. The molecule has 1 aliphatic heterocycles. The lowest BCUT2D eigenvalue weighted by molar-refractivity contribution is -0.122. The fourth-order valence-electron chi connectivity index (χ4n) is 5.96. The van der Waals surface area contributed by atoms with Crippen LogP contribution >= 0.6 is 0 Å². The molecule has 0 unspecified atom stereocenters. The average Bonchev–Trinajstić information content (AvgIpc) is 3.13. The average molecular weight is 662 g/mol. The number of hydrogen-bond acceptors (Lipinski definition) is 5. The van der Waals surface area contributed by atoms with E-state index in [-0.39, 0.29) is 10.9 Å². The highest BCUT2D eigenvalue weighted by atomic mass is 32.2. The summed E-state index contributed by atoms with van der Waals surface area (Å²) in [6, 6.07) is 34.3. The number of rotatable bonds is 10. The summed E-state index contributed by atoms with van der Waals surface area (Å²) >= 11 is 0. The van der Waals surface area contributed by atoms with Crippen LogP contribution in [0, 0.1) is 0 Å². The Balaban J connectivity index is 1.28. The van der Waals surface area contributed by atoms with Crippen LogP contribution < -0.4 is 10.2 Å². The van der Waals surface area contributed by atoms with Gasteiger partial charge >= 0.3 is 6.03 Å². The van der Waals surface area contributed by atoms with Gasteiger partial charge in [0.25, 0.3) is 0 Å². The maximum atomic E-state index is 14.0. The number of sulfone groups is 1. The SMILES string of the molecule is C[C@@H](C(=O)N[C@H](C=CS(=O)(=O)c1ccc2ccccc2c1)CCc1ccccc1)N(C(=O)N1CCOCC1)c1ccc2ccccc2c1. The molecule has 1 fully saturated rings. The summed E-state index contributed by atoms with van der Waals surface area (Å²) in [4.78, 5) is 31.4. The van der Waals surface area contributed by atoms with Gasteiger partial charge in [-0.15, -0.1) is 0 Å². The fourth-order valence-corrected chi connectivity index (χ4v) is 7.06. The van der Waals surface area contributed by atoms with Crippen molar-refractivity contribution in [2.24, 2.45) is 0 Å². The molecule has 3 amide bonds. The summed E-state index contributed by atoms with van der Waals surface area (Å²) in [6.07, 6.45) is 2.61. The van der Waals surface area contributed by atoms with Crippen molar-refractivity contribution in [3.8, 4) is 0 Å². The Morgan fingerprint density at radius 1 is 0.812 bits per heavy atom. The zero-order chi connectivity index (χ0) is 33.5. The lowest BCUT2D eigenvalue weighted by Crippen LogP contribution is -2.56. The molecular formula is C39H39N3O5S. The largest absolute Gasteiger partial charge is 0.378 e. The Hall–Kier alpha value is -4.99. The predicted molar refractivity (Wildman–Crippen MR) is 191 cm³/mol. The monoisotopic (exact) mass is 661 g/mol. The number of carbonyl (C=O) groups excluding carboxylic acids is 2. The number of nitrogens with one attached hydrogen (secondary N) is 1. The molecule has 0 bridgehead atoms. The smallest absolute Gasteiger partial charge is 0.325 e. The fraction of sp³-hybridized carbons (Fsp3) is 0.231. The number of fused-ring (bicyclic) bond motifs is 2. The molecule has 0 saturated carbocycles. The minimum atomic E-state index is -3.81. The summed E-state index contributed by atoms with van der Waals surface area (Å²) in [7, 11) is -3.81. The van der Waals surface area contributed by atoms with Crippen molar-refractivity contribution in [1.82, 2.24) is 10.2 Å². The molecule has 1 aliphatic rings. The van der Waals surface area contributed by atoms with Crippen LogP contribution in [-0.2, 0) is 25.8 Å². The van der Waals surface area contributed by atoms with Gasteiger partial charge in [-0.25, -0.2) is 13.2 Å². The van der Waals surface area contributed by atoms with Crippen molar-refractivity contribution in [2.45, 2.75) is 36.7 Å². The van der Waals surface area contributed by atoms with E-state index in [0.29, 0.717) is 44.8 Å². The summed E-state index contributed by atoms with van der Waals surface area (Å²) in [5.41, 5.74) is 1.67. The van der Waals surface area contributed by atoms with Crippen LogP contribution in [0.2, 0.25) is 0 Å². The third-order valence-corrected chi connectivity index (χ3v) is 10.1. The maximum Gasteiger partial charge on any atom is 0.325 e. The van der Waals surface area contributed by atoms with Gasteiger partial charge in [0.05, 0.1) is 18.1 Å². The molecule has 48 heavy (non-hydrogen) atoms. The highest BCUT2D eigenvalue weighted by Gasteiger charge is 2.32. The Morgan fingerprint density at radius 3 is 2.10 bits per heavy atom. The second-order valence-corrected chi connectivity index (χ2v) is 13.8. The van der Waals surface area contributed by atoms with Crippen molar-refractivity contribution in [2.75, 3.05) is 31.2 Å². The van der Waals surface area contributed by atoms with E-state index in [1.165, 1.54) is 10.3 Å². The van der Waals surface area contributed by atoms with Gasteiger partial charge in [-0.1, -0.05) is 97.1 Å². The second kappa shape index (κ2) is 14.8. The predicted octanol–water partition coefficient (Wildman–Crippen LogP) is 6.75. The first-order chi connectivity index (χ1) is 23.3. The number of benzene rings is 5. The molecule has 5 aromatic rings. The van der Waals surface area contributed by atoms with Crippen LogP contribution in [0.1, 0.15) is 18.9 Å². The molecule has 8 nitrogen and oxygen atoms in total. The van der Waals surface area contributed by atoms with E-state index in [9.17, 15) is 18.0 Å². The Labute approximate surface area is 281 Å². The van der Waals surface area contributed by atoms with Gasteiger partial charge in [0.15, 0.2) is 9.84 Å². The van der Waals surface area contributed by atoms with E-state index in [4.69, 9.17) is 4.74 Å². The first-order valence-corrected chi connectivity index (χ1v) is 17.7. The van der Waals surface area contributed by atoms with Crippen LogP contribution in [0.25, 0.3) is 21.5 Å². The quantitative estimate of drug-likeness (QED) is 0.179. The van der Waals surface area contributed by atoms with Crippen LogP contribution in [0.5, 0.6) is 0 Å². The van der Waals surface area contributed by atoms with Crippen LogP contribution in [-0.4, -0.2) is 63.6 Å². The molecule has 5 aromatic carbocycles. The number of amides is 3. The second-order valence-electron chi connectivity index (χ2n) is 12.0. The van der Waals surface area contributed by atoms with Gasteiger partial charge in [-0.2, -0.15) is 0 Å². The van der Waals surface area contributed by atoms with Gasteiger partial charge in [0.2, 0.25) is 5.91 Å². The number of hydrogen-bond donors (Lipinski definition) is 1. The van der Waals surface area contributed by atoms with E-state index in [2.05, 4.69) is 5.32 Å². The number of carbonyl (C=O) groups is 2. The van der Waals surface area contributed by atoms with E-state index in [0.717, 1.165) is 27.1 Å². The third-order valence-electron chi connectivity index (χ3n) is 8.72. The Morgan fingerprint density at radius 2 is 1.42 bits per heavy atom. The number of ether oxygens (including phenoxy) is 1. The van der Waals surface area contributed by atoms with Gasteiger partial charge in [-0.3, -0.25) is 9.69 Å². The molecule has 1 saturated heterocycles. The number of nitrogens with zero attached hydrogens (tertiary/aromatic N) is 2. The zero-order valence-electron chi connectivity index (χ0n) is 26.9. The van der Waals surface area contributed by atoms with Crippen molar-refractivity contribution in [1.29, 1.82) is 0 Å². The van der Waals surface area contributed by atoms with Gasteiger partial charge in [0, 0.05) is 30.2 Å². The molecule has 9 heteroatoms. The molecular weight excluding hydrogens is 623 g/mol. The summed E-state index contributed by atoms with van der Waals surface area (Å²) in [6.45, 7) is 3.40. The number of aryl methyl sites for hydroxylation is 1. The van der Waals surface area contributed by atoms with E-state index >= 15 is 0 Å². The van der Waals surface area contributed by atoms with Crippen molar-refractivity contribution < 1.29 is 22.7 Å². The molecule has 1 N–H and O–H groups in total. The lowest BCUT2D eigenvalue weighted by Gasteiger charge is -2.36. The summed E-state index contributed by atoms with van der Waals surface area (Å²) in [5, 5.41) is 7.99. The molecule has 2 atom stereocenters. The van der Waals surface area contributed by atoms with Gasteiger partial charge in [0.1, 0.15) is 6.04 Å². The minimum Gasteiger partial charge on any atom is -0.378 e. The number of anilines is 1. The lowest BCUT2D eigenvalue weighted by atomic mass is 10.0. The van der Waals surface area contributed by atoms with Gasteiger partial charge in [-0.05, 0) is 71.1 Å². The highest BCUT2D eigenvalue weighted by molar-refractivity contribution is 7.94. The molecule has 1 heterocycles. The van der Waals surface area contributed by atoms with Crippen LogP contribution in [0.3, 0.4) is 0 Å². The van der Waals surface area contributed by atoms with E-state index in [1.54, 1.807) is 36.1 Å². The first kappa shape index (κ1) is 32.9. The Bertz CT molecular complexity index is 2040. The van der Waals surface area contributed by atoms with E-state index in [1.807, 2.05) is 97.1 Å². The topological polar surface area (TPSA) is 96.0 Å². The first-order valence-electron chi connectivity index (χ1n) is 16.2. The number of morpholine rings is 1. The molecule has 6 rings (SSSR count). The summed E-state index contributed by atoms with van der Waals surface area (Å²) in [5.74, 6) is -0.393. The molecule has 246 valence electrons. The zero-order valence-corrected chi connectivity index (χ0v) is 27.7. The number of urea groups is 1. The van der Waals surface area contributed by atoms with Crippen molar-refractivity contribution in [3.05, 3.63) is 132 Å². The normalized spacial score (nSPS) is 15.0. The maximum absolute atomic E-state index is 14.0. The molecule has 0 radical (unpaired) electrons. The van der Waals surface area contributed by atoms with Crippen LogP contribution in [0.4, 0.5) is 10.5 Å². The van der Waals surface area contributed by atoms with Crippen molar-refractivity contribution in [3.63, 3.8) is 0 Å². The van der Waals surface area contributed by atoms with Crippen molar-refractivity contribution >= 4 is 49.0 Å². The van der Waals surface area contributed by atoms with E-state index < -0.39 is 27.8 Å². The minimum absolute atomic E-state index is 0.178. The Kier molecular flexibility index (Phi) is 10.2. The third kappa shape index (κ3) is 7.75. The molecule has 0 aromatic heterocycles. The van der Waals surface area contributed by atoms with Gasteiger partial charge < -0.3 is 15.0 Å². The molecule has 0 spiro atoms. The standard InChI is InChI=1S/C39H39N3O5S/c1-29(42(39(44)41-22-24-47-25-23-41)36-19-16-31-11-5-7-13-33(31)27-36)38(43)40-35(18-15-30-9-3-2-4-10-30)21-26-48(45,46)37-20-17-32-12-6-8-14-34(32)28-37/h2-14,16-17,19-21,26-29,35H,15,18,22-25H2,1H3,(H,40,43)/t29-,35-/m0/s1.